The van der Waals surface area contributed by atoms with Gasteiger partial charge in [0.15, 0.2) is 0 Å². The summed E-state index contributed by atoms with van der Waals surface area (Å²) < 4.78 is 0. The normalized spacial score (nSPS) is 0. The van der Waals surface area contributed by atoms with Gasteiger partial charge in [-0.05, 0) is 0 Å². The van der Waals surface area contributed by atoms with Gasteiger partial charge in [-0.25, -0.2) is 0 Å². The van der Waals surface area contributed by atoms with Crippen molar-refractivity contribution in [3.63, 3.8) is 0 Å². The van der Waals surface area contributed by atoms with Crippen molar-refractivity contribution in [2.24, 2.45) is 0 Å². The van der Waals surface area contributed by atoms with E-state index < -0.39 is 0 Å². The van der Waals surface area contributed by atoms with Crippen molar-refractivity contribution in [1.29, 1.82) is 0 Å². The molecule has 0 radical (unpaired) electrons. The third kappa shape index (κ3) is 208. The molecule has 0 atom stereocenters. The average molecular weight is 242 g/mol. The summed E-state index contributed by atoms with van der Waals surface area (Å²) in [5.74, 6) is 0. The van der Waals surface area contributed by atoms with Crippen molar-refractivity contribution in [3.8, 4) is 0 Å². The molecule has 0 rings (SSSR count). The Balaban J connectivity index is 0. The molecule has 56 valence electrons. The summed E-state index contributed by atoms with van der Waals surface area (Å²) >= 11 is 0. The van der Waals surface area contributed by atoms with Crippen LogP contribution in [0, 0.1) is 0 Å². The second-order valence-corrected chi connectivity index (χ2v) is 0. The Hall–Kier alpha value is 3.00. The van der Waals surface area contributed by atoms with E-state index >= 15 is 0 Å². The zero-order valence-electron chi connectivity index (χ0n) is 6.60. The van der Waals surface area contributed by atoms with Gasteiger partial charge in [0, 0.05) is 0 Å². The molecule has 12 heteroatoms. The van der Waals surface area contributed by atoms with Crippen molar-refractivity contribution < 1.29 is 97.4 Å². The maximum Gasteiger partial charge on any atom is 4.00 e. The van der Waals surface area contributed by atoms with Crippen LogP contribution < -0.4 is 59.1 Å². The van der Waals surface area contributed by atoms with Gasteiger partial charge in [0.1, 0.15) is 0 Å². The van der Waals surface area contributed by atoms with E-state index in [1.807, 2.05) is 0 Å². The molecule has 0 saturated carbocycles. The van der Waals surface area contributed by atoms with E-state index in [0.717, 1.165) is 0 Å². The smallest absolute Gasteiger partial charge is 2.00 e. The minimum absolute atomic E-state index is 0. The molecule has 0 aromatic carbocycles. The maximum absolute atomic E-state index is 0. The van der Waals surface area contributed by atoms with Crippen LogP contribution in [-0.4, -0.2) is 51.2 Å². The second kappa shape index (κ2) is 263. The van der Waals surface area contributed by atoms with Gasteiger partial charge in [-0.15, -0.1) is 0 Å². The quantitative estimate of drug-likeness (QED) is 0.363. The molecule has 12 heavy (non-hydrogen) atoms. The molecule has 0 heterocycles. The summed E-state index contributed by atoms with van der Waals surface area (Å²) in [5, 5.41) is 0. The van der Waals surface area contributed by atoms with E-state index in [-0.39, 0.29) is 143 Å². The van der Waals surface area contributed by atoms with Gasteiger partial charge in [0.2, 0.25) is 0 Å². The van der Waals surface area contributed by atoms with Crippen molar-refractivity contribution in [2.45, 2.75) is 0 Å². The van der Waals surface area contributed by atoms with Crippen LogP contribution in [0.4, 0.5) is 0 Å². The van der Waals surface area contributed by atoms with Crippen molar-refractivity contribution in [1.82, 2.24) is 0 Å². The molecule has 7 nitrogen and oxygen atoms in total. The van der Waals surface area contributed by atoms with Crippen LogP contribution in [0.5, 0.6) is 0 Å². The first kappa shape index (κ1) is 326. The zero-order chi connectivity index (χ0) is 0. The zero-order valence-corrected chi connectivity index (χ0v) is 13.9. The fraction of sp³-hybridized carbons (Fsp3) is 0. The van der Waals surface area contributed by atoms with Crippen molar-refractivity contribution >= 4 is 45.7 Å². The van der Waals surface area contributed by atoms with Crippen molar-refractivity contribution in [2.75, 3.05) is 0 Å². The van der Waals surface area contributed by atoms with Gasteiger partial charge in [0.05, 0.1) is 0 Å². The predicted molar refractivity (Wildman–Crippen MR) is 25.0 cm³/mol. The molecule has 0 bridgehead atoms. The van der Waals surface area contributed by atoms with Crippen LogP contribution in [0.3, 0.4) is 0 Å². The van der Waals surface area contributed by atoms with E-state index in [1.54, 1.807) is 0 Å². The van der Waals surface area contributed by atoms with E-state index in [1.165, 1.54) is 0 Å². The van der Waals surface area contributed by atoms with Crippen LogP contribution in [0.1, 0.15) is 0 Å². The predicted octanol–water partition coefficient (Wildman–Crippen LogP) is -8.67. The summed E-state index contributed by atoms with van der Waals surface area (Å²) in [6, 6.07) is 0. The molecule has 0 unspecified atom stereocenters. The number of hydrogen-bond donors (Lipinski definition) is 0. The fourth-order valence-corrected chi connectivity index (χ4v) is 0. The Kier molecular flexibility index (Phi) is 7140. The molecule has 0 amide bonds. The molecule has 2 N–H and O–H groups in total. The third-order valence-electron chi connectivity index (χ3n) is 0. The fourth-order valence-electron chi connectivity index (χ4n) is 0. The summed E-state index contributed by atoms with van der Waals surface area (Å²) in [5.41, 5.74) is 0. The van der Waals surface area contributed by atoms with Gasteiger partial charge in [0.25, 0.3) is 0 Å². The molecular weight excluding hydrogens is 240 g/mol. The first-order valence-electron chi connectivity index (χ1n) is 0. The molecule has 0 aliphatic heterocycles. The van der Waals surface area contributed by atoms with Gasteiger partial charge in [-0.2, -0.15) is 0 Å². The Labute approximate surface area is 141 Å². The Morgan fingerprint density at radius 3 is 0.417 bits per heavy atom. The molecule has 0 aromatic heterocycles. The van der Waals surface area contributed by atoms with Gasteiger partial charge in [-0.1, -0.05) is 0 Å². The van der Waals surface area contributed by atoms with Crippen LogP contribution in [-0.2, 0) is 32.9 Å². The Morgan fingerprint density at radius 2 is 0.417 bits per heavy atom. The summed E-state index contributed by atoms with van der Waals surface area (Å²) in [7, 11) is 0. The molecule has 0 aliphatic rings. The summed E-state index contributed by atoms with van der Waals surface area (Å²) in [4.78, 5) is 0. The number of rotatable bonds is 0. The SMILES string of the molecule is O.[Al+3].[Al+3].[Na+].[Na+].[O-2].[O-2].[O-2].[O-2].[O-2].[O-2].[Si+4]. The molecule has 0 saturated heterocycles. The Bertz CT molecular complexity index is 19.4. The minimum Gasteiger partial charge on any atom is -2.00 e. The standard InChI is InChI=1S/2Al.2Na.H2O.6O.Si/h;;;;1H2;;;;;;;/q2*+3;2*+1;;6*-2;+4. The van der Waals surface area contributed by atoms with E-state index in [2.05, 4.69) is 0 Å². The summed E-state index contributed by atoms with van der Waals surface area (Å²) in [6.45, 7) is 0. The first-order valence-corrected chi connectivity index (χ1v) is 0. The molecule has 0 fully saturated rings. The molecule has 0 spiro atoms. The van der Waals surface area contributed by atoms with Crippen molar-refractivity contribution in [3.05, 3.63) is 0 Å². The number of hydrogen-bond acceptors (Lipinski definition) is 0. The van der Waals surface area contributed by atoms with E-state index in [4.69, 9.17) is 0 Å². The van der Waals surface area contributed by atoms with Crippen LogP contribution in [0.2, 0.25) is 0 Å². The summed E-state index contributed by atoms with van der Waals surface area (Å²) in [6.07, 6.45) is 0. The topological polar surface area (TPSA) is 202 Å². The van der Waals surface area contributed by atoms with Crippen LogP contribution >= 0.6 is 0 Å². The Morgan fingerprint density at radius 1 is 0.417 bits per heavy atom. The van der Waals surface area contributed by atoms with Gasteiger partial charge < -0.3 is 38.3 Å². The van der Waals surface area contributed by atoms with Crippen LogP contribution in [0.15, 0.2) is 0 Å². The molecule has 0 aromatic rings. The minimum atomic E-state index is 0. The molecular formula is H2Al2Na2O7Si. The molecule has 0 aliphatic carbocycles. The van der Waals surface area contributed by atoms with Crippen LogP contribution in [0.25, 0.3) is 0 Å². The third-order valence-corrected chi connectivity index (χ3v) is 0. The largest absolute Gasteiger partial charge is 4.00 e. The van der Waals surface area contributed by atoms with Gasteiger partial charge >= 0.3 is 105 Å². The monoisotopic (exact) mass is 242 g/mol. The maximum atomic E-state index is 0. The van der Waals surface area contributed by atoms with E-state index in [9.17, 15) is 0 Å². The van der Waals surface area contributed by atoms with E-state index in [0.29, 0.717) is 0 Å². The second-order valence-electron chi connectivity index (χ2n) is 0. The average Bonchev–Trinajstić information content (AvgIpc) is 0. The first-order chi connectivity index (χ1) is 0. The van der Waals surface area contributed by atoms with Gasteiger partial charge in [-0.3, -0.25) is 0 Å².